The number of pyridine rings is 1. The van der Waals surface area contributed by atoms with Crippen molar-refractivity contribution in [2.45, 2.75) is 13.0 Å². The van der Waals surface area contributed by atoms with Gasteiger partial charge in [0.05, 0.1) is 16.1 Å². The van der Waals surface area contributed by atoms with E-state index in [9.17, 15) is 4.79 Å². The summed E-state index contributed by atoms with van der Waals surface area (Å²) >= 11 is 11.7. The Morgan fingerprint density at radius 3 is 2.68 bits per heavy atom. The first-order chi connectivity index (χ1) is 9.08. The predicted octanol–water partition coefficient (Wildman–Crippen LogP) is 3.88. The average Bonchev–Trinajstić information content (AvgIpc) is 2.42. The van der Waals surface area contributed by atoms with Crippen molar-refractivity contribution in [3.63, 3.8) is 0 Å². The number of carbonyl (C=O) groups excluding carboxylic acids is 1. The highest BCUT2D eigenvalue weighted by atomic mass is 35.5. The van der Waals surface area contributed by atoms with Crippen LogP contribution < -0.4 is 5.32 Å². The van der Waals surface area contributed by atoms with Crippen molar-refractivity contribution in [3.05, 3.63) is 63.9 Å². The molecule has 1 heterocycles. The number of halogens is 2. The van der Waals surface area contributed by atoms with Crippen LogP contribution in [0, 0.1) is 0 Å². The standard InChI is InChI=1S/C14H12Cl2N2O/c1-9(11-3-2-6-17-8-11)18-14(19)10-4-5-12(15)13(16)7-10/h2-9H,1H3,(H,18,19). The molecule has 19 heavy (non-hydrogen) atoms. The molecule has 0 saturated heterocycles. The molecular weight excluding hydrogens is 283 g/mol. The Bertz CT molecular complexity index is 587. The van der Waals surface area contributed by atoms with Crippen molar-refractivity contribution >= 4 is 29.1 Å². The summed E-state index contributed by atoms with van der Waals surface area (Å²) in [4.78, 5) is 16.1. The quantitative estimate of drug-likeness (QED) is 0.933. The van der Waals surface area contributed by atoms with Gasteiger partial charge in [0, 0.05) is 18.0 Å². The lowest BCUT2D eigenvalue weighted by molar-refractivity contribution is 0.0940. The van der Waals surface area contributed by atoms with Crippen LogP contribution in [0.1, 0.15) is 28.9 Å². The molecule has 0 aliphatic carbocycles. The van der Waals surface area contributed by atoms with Gasteiger partial charge in [-0.2, -0.15) is 0 Å². The van der Waals surface area contributed by atoms with Crippen molar-refractivity contribution in [2.75, 3.05) is 0 Å². The zero-order valence-electron chi connectivity index (χ0n) is 10.2. The summed E-state index contributed by atoms with van der Waals surface area (Å²) < 4.78 is 0. The molecule has 1 atom stereocenters. The largest absolute Gasteiger partial charge is 0.345 e. The maximum atomic E-state index is 12.1. The Kier molecular flexibility index (Phi) is 4.40. The molecule has 0 aliphatic heterocycles. The molecule has 2 aromatic rings. The van der Waals surface area contributed by atoms with E-state index < -0.39 is 0 Å². The summed E-state index contributed by atoms with van der Waals surface area (Å²) in [6.45, 7) is 1.90. The minimum atomic E-state index is -0.199. The fourth-order valence-corrected chi connectivity index (χ4v) is 1.93. The molecule has 0 saturated carbocycles. The Morgan fingerprint density at radius 2 is 2.05 bits per heavy atom. The Morgan fingerprint density at radius 1 is 1.26 bits per heavy atom. The number of aromatic nitrogens is 1. The number of benzene rings is 1. The van der Waals surface area contributed by atoms with E-state index in [4.69, 9.17) is 23.2 Å². The van der Waals surface area contributed by atoms with Crippen LogP contribution in [0.4, 0.5) is 0 Å². The number of amides is 1. The first-order valence-electron chi connectivity index (χ1n) is 5.74. The third kappa shape index (κ3) is 3.46. The zero-order valence-corrected chi connectivity index (χ0v) is 11.7. The molecule has 1 unspecified atom stereocenters. The number of hydrogen-bond donors (Lipinski definition) is 1. The molecule has 1 aromatic heterocycles. The molecule has 98 valence electrons. The molecule has 1 N–H and O–H groups in total. The van der Waals surface area contributed by atoms with Crippen molar-refractivity contribution < 1.29 is 4.79 Å². The first kappa shape index (κ1) is 13.8. The van der Waals surface area contributed by atoms with Gasteiger partial charge in [-0.05, 0) is 36.8 Å². The molecule has 1 aromatic carbocycles. The van der Waals surface area contributed by atoms with E-state index in [1.165, 1.54) is 0 Å². The molecule has 0 aliphatic rings. The maximum Gasteiger partial charge on any atom is 0.251 e. The van der Waals surface area contributed by atoms with Crippen LogP contribution in [0.3, 0.4) is 0 Å². The molecular formula is C14H12Cl2N2O. The van der Waals surface area contributed by atoms with Gasteiger partial charge >= 0.3 is 0 Å². The second kappa shape index (κ2) is 6.04. The molecule has 0 radical (unpaired) electrons. The molecule has 2 rings (SSSR count). The van der Waals surface area contributed by atoms with E-state index in [0.29, 0.717) is 15.6 Å². The van der Waals surface area contributed by atoms with E-state index >= 15 is 0 Å². The minimum absolute atomic E-state index is 0.129. The fourth-order valence-electron chi connectivity index (χ4n) is 1.63. The van der Waals surface area contributed by atoms with Crippen LogP contribution in [0.2, 0.25) is 10.0 Å². The van der Waals surface area contributed by atoms with Gasteiger partial charge in [-0.1, -0.05) is 29.3 Å². The third-order valence-corrected chi connectivity index (χ3v) is 3.45. The van der Waals surface area contributed by atoms with Crippen LogP contribution in [0.25, 0.3) is 0 Å². The highest BCUT2D eigenvalue weighted by Gasteiger charge is 2.12. The highest BCUT2D eigenvalue weighted by Crippen LogP contribution is 2.23. The topological polar surface area (TPSA) is 42.0 Å². The predicted molar refractivity (Wildman–Crippen MR) is 76.6 cm³/mol. The average molecular weight is 295 g/mol. The van der Waals surface area contributed by atoms with E-state index in [-0.39, 0.29) is 11.9 Å². The van der Waals surface area contributed by atoms with Gasteiger partial charge < -0.3 is 5.32 Å². The van der Waals surface area contributed by atoms with Crippen molar-refractivity contribution in [1.82, 2.24) is 10.3 Å². The normalized spacial score (nSPS) is 11.9. The number of rotatable bonds is 3. The van der Waals surface area contributed by atoms with Gasteiger partial charge in [-0.25, -0.2) is 0 Å². The van der Waals surface area contributed by atoms with E-state index in [2.05, 4.69) is 10.3 Å². The van der Waals surface area contributed by atoms with Gasteiger partial charge in [-0.15, -0.1) is 0 Å². The molecule has 0 fully saturated rings. The summed E-state index contributed by atoms with van der Waals surface area (Å²) in [6.07, 6.45) is 3.41. The van der Waals surface area contributed by atoms with Crippen LogP contribution in [-0.4, -0.2) is 10.9 Å². The SMILES string of the molecule is CC(NC(=O)c1ccc(Cl)c(Cl)c1)c1cccnc1. The summed E-state index contributed by atoms with van der Waals surface area (Å²) in [5, 5.41) is 3.67. The van der Waals surface area contributed by atoms with Crippen molar-refractivity contribution in [2.24, 2.45) is 0 Å². The monoisotopic (exact) mass is 294 g/mol. The summed E-state index contributed by atoms with van der Waals surface area (Å²) in [5.74, 6) is -0.199. The van der Waals surface area contributed by atoms with Gasteiger partial charge in [0.2, 0.25) is 0 Å². The lowest BCUT2D eigenvalue weighted by Crippen LogP contribution is -2.26. The van der Waals surface area contributed by atoms with Gasteiger partial charge in [0.1, 0.15) is 0 Å². The number of nitrogens with zero attached hydrogens (tertiary/aromatic N) is 1. The smallest absolute Gasteiger partial charge is 0.251 e. The van der Waals surface area contributed by atoms with Crippen molar-refractivity contribution in [1.29, 1.82) is 0 Å². The molecule has 3 nitrogen and oxygen atoms in total. The van der Waals surface area contributed by atoms with E-state index in [1.54, 1.807) is 30.6 Å². The van der Waals surface area contributed by atoms with Crippen LogP contribution in [0.15, 0.2) is 42.7 Å². The lowest BCUT2D eigenvalue weighted by atomic mass is 10.1. The summed E-state index contributed by atoms with van der Waals surface area (Å²) in [5.41, 5.74) is 1.42. The lowest BCUT2D eigenvalue weighted by Gasteiger charge is -2.14. The number of hydrogen-bond acceptors (Lipinski definition) is 2. The molecule has 1 amide bonds. The van der Waals surface area contributed by atoms with Gasteiger partial charge in [-0.3, -0.25) is 9.78 Å². The van der Waals surface area contributed by atoms with Gasteiger partial charge in [0.15, 0.2) is 0 Å². The molecule has 5 heteroatoms. The molecule has 0 bridgehead atoms. The second-order valence-corrected chi connectivity index (χ2v) is 4.92. The van der Waals surface area contributed by atoms with Crippen LogP contribution in [0.5, 0.6) is 0 Å². The Hall–Kier alpha value is -1.58. The van der Waals surface area contributed by atoms with E-state index in [0.717, 1.165) is 5.56 Å². The second-order valence-electron chi connectivity index (χ2n) is 4.11. The minimum Gasteiger partial charge on any atom is -0.345 e. The summed E-state index contributed by atoms with van der Waals surface area (Å²) in [6, 6.07) is 8.40. The number of nitrogens with one attached hydrogen (secondary N) is 1. The summed E-state index contributed by atoms with van der Waals surface area (Å²) in [7, 11) is 0. The van der Waals surface area contributed by atoms with Crippen molar-refractivity contribution in [3.8, 4) is 0 Å². The zero-order chi connectivity index (χ0) is 13.8. The highest BCUT2D eigenvalue weighted by molar-refractivity contribution is 6.42. The maximum absolute atomic E-state index is 12.1. The Balaban J connectivity index is 2.11. The van der Waals surface area contributed by atoms with Crippen LogP contribution in [-0.2, 0) is 0 Å². The van der Waals surface area contributed by atoms with Gasteiger partial charge in [0.25, 0.3) is 5.91 Å². The Labute approximate surface area is 121 Å². The fraction of sp³-hybridized carbons (Fsp3) is 0.143. The van der Waals surface area contributed by atoms with E-state index in [1.807, 2.05) is 19.1 Å². The number of carbonyl (C=O) groups is 1. The third-order valence-electron chi connectivity index (χ3n) is 2.71. The molecule has 0 spiro atoms. The van der Waals surface area contributed by atoms with Crippen LogP contribution >= 0.6 is 23.2 Å². The first-order valence-corrected chi connectivity index (χ1v) is 6.49.